The molecule has 2 fully saturated rings. The van der Waals surface area contributed by atoms with Crippen LogP contribution in [0, 0.1) is 5.92 Å². The predicted octanol–water partition coefficient (Wildman–Crippen LogP) is 3.93. The van der Waals surface area contributed by atoms with E-state index in [1.165, 1.54) is 50.2 Å². The van der Waals surface area contributed by atoms with Gasteiger partial charge in [0.05, 0.1) is 4.34 Å². The first-order valence-electron chi connectivity index (χ1n) is 7.46. The van der Waals surface area contributed by atoms with Gasteiger partial charge in [-0.3, -0.25) is 4.90 Å². The van der Waals surface area contributed by atoms with E-state index in [1.54, 1.807) is 11.3 Å². The lowest BCUT2D eigenvalue weighted by atomic mass is 9.88. The van der Waals surface area contributed by atoms with Gasteiger partial charge in [-0.2, -0.15) is 0 Å². The molecule has 19 heavy (non-hydrogen) atoms. The average molecular weight is 299 g/mol. The number of piperidine rings is 1. The molecule has 2 nitrogen and oxygen atoms in total. The molecule has 0 bridgehead atoms. The molecule has 4 heteroatoms. The molecular formula is C15H23ClN2S. The van der Waals surface area contributed by atoms with E-state index in [0.29, 0.717) is 6.04 Å². The summed E-state index contributed by atoms with van der Waals surface area (Å²) in [6.07, 6.45) is 5.46. The Morgan fingerprint density at radius 3 is 2.68 bits per heavy atom. The minimum absolute atomic E-state index is 0.523. The van der Waals surface area contributed by atoms with Gasteiger partial charge in [0.25, 0.3) is 0 Å². The fraction of sp³-hybridized carbons (Fsp3) is 0.733. The fourth-order valence-corrected chi connectivity index (χ4v) is 4.70. The Morgan fingerprint density at radius 1 is 1.32 bits per heavy atom. The molecule has 2 atom stereocenters. The summed E-state index contributed by atoms with van der Waals surface area (Å²) in [5.74, 6) is 0.901. The molecule has 0 radical (unpaired) electrons. The molecule has 3 rings (SSSR count). The molecule has 0 aromatic carbocycles. The zero-order valence-corrected chi connectivity index (χ0v) is 13.1. The van der Waals surface area contributed by atoms with Crippen LogP contribution in [0.5, 0.6) is 0 Å². The Kier molecular flexibility index (Phi) is 4.47. The molecular weight excluding hydrogens is 276 g/mol. The molecule has 0 aliphatic carbocycles. The highest BCUT2D eigenvalue weighted by Crippen LogP contribution is 2.34. The van der Waals surface area contributed by atoms with Gasteiger partial charge < -0.3 is 5.32 Å². The Hall–Kier alpha value is -0.0900. The summed E-state index contributed by atoms with van der Waals surface area (Å²) >= 11 is 7.77. The maximum Gasteiger partial charge on any atom is 0.0931 e. The van der Waals surface area contributed by atoms with Crippen LogP contribution in [0.4, 0.5) is 0 Å². The van der Waals surface area contributed by atoms with E-state index in [1.807, 2.05) is 6.07 Å². The minimum Gasteiger partial charge on any atom is -0.314 e. The number of thiophene rings is 1. The summed E-state index contributed by atoms with van der Waals surface area (Å²) in [6.45, 7) is 6.02. The van der Waals surface area contributed by atoms with Gasteiger partial charge in [-0.05, 0) is 70.3 Å². The highest BCUT2D eigenvalue weighted by atomic mass is 35.5. The first kappa shape index (κ1) is 13.9. The van der Waals surface area contributed by atoms with Gasteiger partial charge in [-0.25, -0.2) is 0 Å². The average Bonchev–Trinajstić information content (AvgIpc) is 3.09. The molecule has 2 unspecified atom stereocenters. The predicted molar refractivity (Wildman–Crippen MR) is 83.1 cm³/mol. The Bertz CT molecular complexity index is 406. The minimum atomic E-state index is 0.523. The third-order valence-corrected chi connectivity index (χ3v) is 6.20. The molecule has 0 spiro atoms. The van der Waals surface area contributed by atoms with E-state index in [0.717, 1.165) is 16.3 Å². The summed E-state index contributed by atoms with van der Waals surface area (Å²) in [5, 5.41) is 3.67. The first-order chi connectivity index (χ1) is 9.24. The van der Waals surface area contributed by atoms with Crippen molar-refractivity contribution in [2.24, 2.45) is 5.92 Å². The van der Waals surface area contributed by atoms with Crippen LogP contribution >= 0.6 is 22.9 Å². The monoisotopic (exact) mass is 298 g/mol. The summed E-state index contributed by atoms with van der Waals surface area (Å²) in [6, 6.07) is 5.53. The number of hydrogen-bond acceptors (Lipinski definition) is 3. The maximum atomic E-state index is 6.04. The maximum absolute atomic E-state index is 6.04. The van der Waals surface area contributed by atoms with Crippen LogP contribution in [-0.4, -0.2) is 30.6 Å². The number of halogens is 1. The standard InChI is InChI=1S/C15H23ClN2S/c1-11(14-4-5-15(16)19-14)18-9-6-12(7-10-18)13-3-2-8-17-13/h4-5,11-13,17H,2-3,6-10H2,1H3. The highest BCUT2D eigenvalue weighted by Gasteiger charge is 2.30. The van der Waals surface area contributed by atoms with Gasteiger partial charge in [0.2, 0.25) is 0 Å². The Morgan fingerprint density at radius 2 is 2.11 bits per heavy atom. The van der Waals surface area contributed by atoms with Crippen LogP contribution in [0.2, 0.25) is 4.34 Å². The molecule has 1 aromatic rings. The summed E-state index contributed by atoms with van der Waals surface area (Å²) in [4.78, 5) is 4.02. The van der Waals surface area contributed by atoms with Crippen LogP contribution in [-0.2, 0) is 0 Å². The second-order valence-corrected chi connectivity index (χ2v) is 7.64. The van der Waals surface area contributed by atoms with Crippen molar-refractivity contribution < 1.29 is 0 Å². The van der Waals surface area contributed by atoms with Gasteiger partial charge in [0, 0.05) is 17.0 Å². The van der Waals surface area contributed by atoms with E-state index in [4.69, 9.17) is 11.6 Å². The lowest BCUT2D eigenvalue weighted by Crippen LogP contribution is -2.41. The lowest BCUT2D eigenvalue weighted by molar-refractivity contribution is 0.128. The van der Waals surface area contributed by atoms with Crippen LogP contribution in [0.25, 0.3) is 0 Å². The second kappa shape index (κ2) is 6.13. The topological polar surface area (TPSA) is 15.3 Å². The van der Waals surface area contributed by atoms with Gasteiger partial charge in [-0.1, -0.05) is 11.6 Å². The summed E-state index contributed by atoms with van der Waals surface area (Å²) in [7, 11) is 0. The molecule has 2 aliphatic heterocycles. The van der Waals surface area contributed by atoms with Crippen LogP contribution in [0.1, 0.15) is 43.5 Å². The molecule has 1 N–H and O–H groups in total. The van der Waals surface area contributed by atoms with Gasteiger partial charge in [0.15, 0.2) is 0 Å². The fourth-order valence-electron chi connectivity index (χ4n) is 3.56. The van der Waals surface area contributed by atoms with Crippen molar-refractivity contribution in [2.75, 3.05) is 19.6 Å². The molecule has 2 saturated heterocycles. The van der Waals surface area contributed by atoms with Gasteiger partial charge >= 0.3 is 0 Å². The molecule has 2 aliphatic rings. The Balaban J connectivity index is 1.54. The molecule has 0 saturated carbocycles. The zero-order chi connectivity index (χ0) is 13.2. The SMILES string of the molecule is CC(c1ccc(Cl)s1)N1CCC(C2CCCN2)CC1. The number of nitrogens with one attached hydrogen (secondary N) is 1. The third kappa shape index (κ3) is 3.15. The second-order valence-electron chi connectivity index (χ2n) is 5.89. The first-order valence-corrected chi connectivity index (χ1v) is 8.66. The van der Waals surface area contributed by atoms with E-state index in [2.05, 4.69) is 23.2 Å². The van der Waals surface area contributed by atoms with Gasteiger partial charge in [-0.15, -0.1) is 11.3 Å². The normalized spacial score (nSPS) is 27.8. The zero-order valence-electron chi connectivity index (χ0n) is 11.6. The molecule has 1 aromatic heterocycles. The molecule has 106 valence electrons. The van der Waals surface area contributed by atoms with E-state index in [-0.39, 0.29) is 0 Å². The number of likely N-dealkylation sites (tertiary alicyclic amines) is 1. The Labute approximate surface area is 125 Å². The highest BCUT2D eigenvalue weighted by molar-refractivity contribution is 7.16. The van der Waals surface area contributed by atoms with Crippen molar-refractivity contribution in [1.29, 1.82) is 0 Å². The smallest absolute Gasteiger partial charge is 0.0931 e. The number of nitrogens with zero attached hydrogens (tertiary/aromatic N) is 1. The largest absolute Gasteiger partial charge is 0.314 e. The van der Waals surface area contributed by atoms with Crippen molar-refractivity contribution in [1.82, 2.24) is 10.2 Å². The van der Waals surface area contributed by atoms with Crippen molar-refractivity contribution >= 4 is 22.9 Å². The van der Waals surface area contributed by atoms with E-state index >= 15 is 0 Å². The van der Waals surface area contributed by atoms with Crippen LogP contribution < -0.4 is 5.32 Å². The lowest BCUT2D eigenvalue weighted by Gasteiger charge is -2.37. The van der Waals surface area contributed by atoms with Crippen molar-refractivity contribution in [3.63, 3.8) is 0 Å². The van der Waals surface area contributed by atoms with Crippen molar-refractivity contribution in [2.45, 2.75) is 44.7 Å². The van der Waals surface area contributed by atoms with E-state index in [9.17, 15) is 0 Å². The van der Waals surface area contributed by atoms with Crippen LogP contribution in [0.15, 0.2) is 12.1 Å². The van der Waals surface area contributed by atoms with Crippen molar-refractivity contribution in [3.8, 4) is 0 Å². The van der Waals surface area contributed by atoms with Crippen molar-refractivity contribution in [3.05, 3.63) is 21.3 Å². The quantitative estimate of drug-likeness (QED) is 0.910. The summed E-state index contributed by atoms with van der Waals surface area (Å²) < 4.78 is 0.909. The molecule has 0 amide bonds. The van der Waals surface area contributed by atoms with Gasteiger partial charge in [0.1, 0.15) is 0 Å². The van der Waals surface area contributed by atoms with E-state index < -0.39 is 0 Å². The number of rotatable bonds is 3. The third-order valence-electron chi connectivity index (χ3n) is 4.80. The van der Waals surface area contributed by atoms with Crippen LogP contribution in [0.3, 0.4) is 0 Å². The summed E-state index contributed by atoms with van der Waals surface area (Å²) in [5.41, 5.74) is 0. The number of hydrogen-bond donors (Lipinski definition) is 1. The molecule has 3 heterocycles.